The van der Waals surface area contributed by atoms with E-state index < -0.39 is 0 Å². The second-order valence-corrected chi connectivity index (χ2v) is 4.24. The van der Waals surface area contributed by atoms with Gasteiger partial charge in [-0.2, -0.15) is 0 Å². The summed E-state index contributed by atoms with van der Waals surface area (Å²) >= 11 is 0. The summed E-state index contributed by atoms with van der Waals surface area (Å²) in [7, 11) is 0. The number of aromatic nitrogens is 1. The fourth-order valence-corrected chi connectivity index (χ4v) is 1.43. The molecule has 1 aromatic heterocycles. The van der Waals surface area contributed by atoms with Gasteiger partial charge < -0.3 is 0 Å². The molecule has 0 amide bonds. The van der Waals surface area contributed by atoms with Gasteiger partial charge in [-0.1, -0.05) is 31.1 Å². The van der Waals surface area contributed by atoms with Gasteiger partial charge in [-0.15, -0.1) is 0 Å². The van der Waals surface area contributed by atoms with Gasteiger partial charge >= 0.3 is 0 Å². The summed E-state index contributed by atoms with van der Waals surface area (Å²) in [6, 6.07) is 4.16. The molecule has 14 heavy (non-hydrogen) atoms. The Morgan fingerprint density at radius 3 is 2.36 bits per heavy atom. The lowest BCUT2D eigenvalue weighted by Crippen LogP contribution is -2.31. The van der Waals surface area contributed by atoms with Gasteiger partial charge in [0.25, 0.3) is 0 Å². The van der Waals surface area contributed by atoms with Gasteiger partial charge in [0.15, 0.2) is 0 Å². The van der Waals surface area contributed by atoms with E-state index in [1.807, 2.05) is 12.3 Å². The van der Waals surface area contributed by atoms with Gasteiger partial charge in [-0.05, 0) is 38.0 Å². The molecule has 0 aliphatic carbocycles. The highest BCUT2D eigenvalue weighted by atomic mass is 14.6. The van der Waals surface area contributed by atoms with Gasteiger partial charge in [0.2, 0.25) is 0 Å². The van der Waals surface area contributed by atoms with Crippen LogP contribution >= 0.6 is 0 Å². The van der Waals surface area contributed by atoms with Crippen LogP contribution in [0.1, 0.15) is 34.6 Å². The highest BCUT2D eigenvalue weighted by Crippen LogP contribution is 2.05. The number of nitrogens with zero attached hydrogens (tertiary/aromatic N) is 1. The Labute approximate surface area is 86.2 Å². The minimum atomic E-state index is 0.581. The van der Waals surface area contributed by atoms with Gasteiger partial charge in [-0.3, -0.25) is 4.98 Å². The number of rotatable bonds is 1. The molecule has 0 N–H and O–H groups in total. The number of hydrogen-bond donors (Lipinski definition) is 0. The summed E-state index contributed by atoms with van der Waals surface area (Å²) in [4.78, 5) is 4.42. The highest BCUT2D eigenvalue weighted by molar-refractivity contribution is 5.47. The Bertz CT molecular complexity index is 423. The van der Waals surface area contributed by atoms with Crippen LogP contribution in [0.25, 0.3) is 11.1 Å². The van der Waals surface area contributed by atoms with E-state index in [9.17, 15) is 0 Å². The molecule has 1 nitrogen and oxygen atoms in total. The fraction of sp³-hybridized carbons (Fsp3) is 0.462. The Morgan fingerprint density at radius 2 is 1.86 bits per heavy atom. The Balaban J connectivity index is 3.67. The molecule has 0 bridgehead atoms. The molecule has 0 atom stereocenters. The van der Waals surface area contributed by atoms with Crippen molar-refractivity contribution in [2.75, 3.05) is 0 Å². The maximum atomic E-state index is 4.42. The molecule has 0 fully saturated rings. The molecule has 0 saturated heterocycles. The number of hydrogen-bond acceptors (Lipinski definition) is 1. The van der Waals surface area contributed by atoms with Crippen molar-refractivity contribution in [3.05, 3.63) is 28.9 Å². The second-order valence-electron chi connectivity index (χ2n) is 4.24. The van der Waals surface area contributed by atoms with Crippen LogP contribution in [0.3, 0.4) is 0 Å². The molecular weight excluding hydrogens is 170 g/mol. The van der Waals surface area contributed by atoms with Crippen LogP contribution in [-0.4, -0.2) is 4.98 Å². The minimum Gasteiger partial charge on any atom is -0.256 e. The van der Waals surface area contributed by atoms with Crippen LogP contribution in [-0.2, 0) is 0 Å². The van der Waals surface area contributed by atoms with Crippen molar-refractivity contribution >= 4 is 11.1 Å². The maximum Gasteiger partial charge on any atom is 0.0687 e. The van der Waals surface area contributed by atoms with Crippen molar-refractivity contribution in [1.29, 1.82) is 0 Å². The smallest absolute Gasteiger partial charge is 0.0687 e. The average molecular weight is 189 g/mol. The van der Waals surface area contributed by atoms with Crippen molar-refractivity contribution < 1.29 is 0 Å². The van der Waals surface area contributed by atoms with E-state index in [0.29, 0.717) is 5.92 Å². The summed E-state index contributed by atoms with van der Waals surface area (Å²) in [6.45, 7) is 10.8. The van der Waals surface area contributed by atoms with Crippen molar-refractivity contribution in [1.82, 2.24) is 4.98 Å². The van der Waals surface area contributed by atoms with E-state index in [1.165, 1.54) is 16.4 Å². The third-order valence-corrected chi connectivity index (χ3v) is 2.57. The van der Waals surface area contributed by atoms with E-state index in [2.05, 4.69) is 45.7 Å². The van der Waals surface area contributed by atoms with E-state index in [-0.39, 0.29) is 0 Å². The SMILES string of the molecule is CC(=c1cccnc1=C(C)C)C(C)C. The zero-order valence-electron chi connectivity index (χ0n) is 9.76. The largest absolute Gasteiger partial charge is 0.256 e. The van der Waals surface area contributed by atoms with Crippen LogP contribution in [0.4, 0.5) is 0 Å². The van der Waals surface area contributed by atoms with Crippen molar-refractivity contribution in [3.63, 3.8) is 0 Å². The van der Waals surface area contributed by atoms with Crippen molar-refractivity contribution in [2.45, 2.75) is 34.6 Å². The molecule has 0 saturated carbocycles. The van der Waals surface area contributed by atoms with Crippen LogP contribution < -0.4 is 10.6 Å². The second kappa shape index (κ2) is 4.41. The Morgan fingerprint density at radius 1 is 1.21 bits per heavy atom. The molecule has 1 heteroatoms. The first-order valence-corrected chi connectivity index (χ1v) is 5.13. The summed E-state index contributed by atoms with van der Waals surface area (Å²) in [5.74, 6) is 0.581. The summed E-state index contributed by atoms with van der Waals surface area (Å²) < 4.78 is 0. The highest BCUT2D eigenvalue weighted by Gasteiger charge is 1.99. The first kappa shape index (κ1) is 11.0. The van der Waals surface area contributed by atoms with Gasteiger partial charge in [-0.25, -0.2) is 0 Å². The predicted molar refractivity (Wildman–Crippen MR) is 62.2 cm³/mol. The molecule has 76 valence electrons. The molecule has 0 unspecified atom stereocenters. The topological polar surface area (TPSA) is 12.9 Å². The average Bonchev–Trinajstić information content (AvgIpc) is 2.16. The molecule has 1 rings (SSSR count). The van der Waals surface area contributed by atoms with E-state index in [1.54, 1.807) is 0 Å². The number of pyridine rings is 1. The van der Waals surface area contributed by atoms with Crippen LogP contribution in [0, 0.1) is 5.92 Å². The molecule has 0 spiro atoms. The molecular formula is C13H19N. The third kappa shape index (κ3) is 2.22. The van der Waals surface area contributed by atoms with E-state index in [0.717, 1.165) is 5.35 Å². The molecule has 0 radical (unpaired) electrons. The van der Waals surface area contributed by atoms with Crippen LogP contribution in [0.2, 0.25) is 0 Å². The monoisotopic (exact) mass is 189 g/mol. The van der Waals surface area contributed by atoms with E-state index in [4.69, 9.17) is 0 Å². The minimum absolute atomic E-state index is 0.581. The first-order valence-electron chi connectivity index (χ1n) is 5.13. The van der Waals surface area contributed by atoms with Crippen LogP contribution in [0.15, 0.2) is 18.3 Å². The van der Waals surface area contributed by atoms with E-state index >= 15 is 0 Å². The zero-order chi connectivity index (χ0) is 10.7. The summed E-state index contributed by atoms with van der Waals surface area (Å²) in [5, 5.41) is 2.43. The molecule has 0 aromatic carbocycles. The predicted octanol–water partition coefficient (Wildman–Crippen LogP) is 2.10. The molecule has 1 heterocycles. The van der Waals surface area contributed by atoms with Crippen LogP contribution in [0.5, 0.6) is 0 Å². The molecule has 0 aliphatic rings. The fourth-order valence-electron chi connectivity index (χ4n) is 1.43. The Hall–Kier alpha value is -1.11. The lowest BCUT2D eigenvalue weighted by molar-refractivity contribution is 0.838. The van der Waals surface area contributed by atoms with Gasteiger partial charge in [0.05, 0.1) is 5.35 Å². The lowest BCUT2D eigenvalue weighted by atomic mass is 10.0. The van der Waals surface area contributed by atoms with Gasteiger partial charge in [0.1, 0.15) is 0 Å². The quantitative estimate of drug-likeness (QED) is 0.659. The van der Waals surface area contributed by atoms with Crippen molar-refractivity contribution in [3.8, 4) is 0 Å². The van der Waals surface area contributed by atoms with Crippen molar-refractivity contribution in [2.24, 2.45) is 5.92 Å². The zero-order valence-corrected chi connectivity index (χ0v) is 9.76. The Kier molecular flexibility index (Phi) is 3.45. The normalized spacial score (nSPS) is 13.0. The summed E-state index contributed by atoms with van der Waals surface area (Å²) in [6.07, 6.45) is 1.86. The lowest BCUT2D eigenvalue weighted by Gasteiger charge is -2.05. The standard InChI is InChI=1S/C13H19N/c1-9(2)11(5)12-7-6-8-14-13(12)10(3)4/h6-9H,1-5H3. The summed E-state index contributed by atoms with van der Waals surface area (Å²) in [5.41, 5.74) is 2.69. The molecule has 1 aromatic rings. The first-order chi connectivity index (χ1) is 6.54. The van der Waals surface area contributed by atoms with Gasteiger partial charge in [0, 0.05) is 6.20 Å². The third-order valence-electron chi connectivity index (χ3n) is 2.57. The maximum absolute atomic E-state index is 4.42. The molecule has 0 aliphatic heterocycles.